The Morgan fingerprint density at radius 3 is 2.84 bits per heavy atom. The zero-order valence-electron chi connectivity index (χ0n) is 14.6. The molecule has 0 aliphatic carbocycles. The third-order valence-electron chi connectivity index (χ3n) is 3.95. The number of imidazole rings is 1. The van der Waals surface area contributed by atoms with Crippen LogP contribution in [0.1, 0.15) is 38.8 Å². The van der Waals surface area contributed by atoms with Crippen molar-refractivity contribution >= 4 is 11.8 Å². The predicted octanol–water partition coefficient (Wildman–Crippen LogP) is 2.71. The van der Waals surface area contributed by atoms with Gasteiger partial charge in [-0.2, -0.15) is 0 Å². The number of hydrogen-bond acceptors (Lipinski definition) is 5. The fraction of sp³-hybridized carbons (Fsp3) is 0.471. The van der Waals surface area contributed by atoms with E-state index < -0.39 is 11.4 Å². The van der Waals surface area contributed by atoms with Crippen LogP contribution in [0.4, 0.5) is 14.9 Å². The van der Waals surface area contributed by atoms with Crippen LogP contribution in [0.25, 0.3) is 5.82 Å². The number of anilines is 1. The molecule has 1 amide bonds. The summed E-state index contributed by atoms with van der Waals surface area (Å²) >= 11 is 0. The van der Waals surface area contributed by atoms with Crippen LogP contribution in [0.2, 0.25) is 0 Å². The number of pyridine rings is 1. The molecule has 1 fully saturated rings. The Labute approximate surface area is 145 Å². The Morgan fingerprint density at radius 2 is 2.16 bits per heavy atom. The second-order valence-corrected chi connectivity index (χ2v) is 7.19. The highest BCUT2D eigenvalue weighted by Crippen LogP contribution is 2.28. The first-order valence-electron chi connectivity index (χ1n) is 8.16. The van der Waals surface area contributed by atoms with Crippen LogP contribution in [0.5, 0.6) is 0 Å². The Bertz CT molecular complexity index is 784. The fourth-order valence-electron chi connectivity index (χ4n) is 2.79. The standard InChI is InChI=1S/C17H22FN5O2/c1-17(2,3)25-16(24)22-5-4-11(8-22)14-9-23(10-21-14)15-13(18)6-12(19)7-20-15/h6-7,9-11H,4-5,8,19H2,1-3H3. The van der Waals surface area contributed by atoms with Gasteiger partial charge in [0.1, 0.15) is 11.9 Å². The van der Waals surface area contributed by atoms with Gasteiger partial charge in [0, 0.05) is 31.3 Å². The molecule has 2 aromatic rings. The molecule has 1 saturated heterocycles. The van der Waals surface area contributed by atoms with Gasteiger partial charge < -0.3 is 15.4 Å². The smallest absolute Gasteiger partial charge is 0.410 e. The first-order chi connectivity index (χ1) is 11.7. The van der Waals surface area contributed by atoms with Crippen molar-refractivity contribution in [3.8, 4) is 5.82 Å². The molecule has 3 heterocycles. The summed E-state index contributed by atoms with van der Waals surface area (Å²) in [6.45, 7) is 6.67. The zero-order valence-corrected chi connectivity index (χ0v) is 14.6. The van der Waals surface area contributed by atoms with Crippen molar-refractivity contribution in [3.63, 3.8) is 0 Å². The molecular formula is C17H22FN5O2. The minimum atomic E-state index is -0.519. The van der Waals surface area contributed by atoms with E-state index in [2.05, 4.69) is 9.97 Å². The number of likely N-dealkylation sites (tertiary alicyclic amines) is 1. The average Bonchev–Trinajstić information content (AvgIpc) is 3.14. The van der Waals surface area contributed by atoms with Gasteiger partial charge >= 0.3 is 6.09 Å². The molecule has 134 valence electrons. The van der Waals surface area contributed by atoms with Crippen molar-refractivity contribution in [2.75, 3.05) is 18.8 Å². The van der Waals surface area contributed by atoms with Crippen LogP contribution in [0.15, 0.2) is 24.8 Å². The molecular weight excluding hydrogens is 325 g/mol. The lowest BCUT2D eigenvalue weighted by molar-refractivity contribution is 0.0292. The second-order valence-electron chi connectivity index (χ2n) is 7.19. The number of hydrogen-bond donors (Lipinski definition) is 1. The van der Waals surface area contributed by atoms with Crippen molar-refractivity contribution in [2.24, 2.45) is 0 Å². The van der Waals surface area contributed by atoms with E-state index in [0.717, 1.165) is 12.1 Å². The highest BCUT2D eigenvalue weighted by Gasteiger charge is 2.31. The number of nitrogens with two attached hydrogens (primary N) is 1. The monoisotopic (exact) mass is 347 g/mol. The quantitative estimate of drug-likeness (QED) is 0.903. The van der Waals surface area contributed by atoms with E-state index in [-0.39, 0.29) is 23.5 Å². The van der Waals surface area contributed by atoms with Crippen LogP contribution in [0, 0.1) is 5.82 Å². The molecule has 7 nitrogen and oxygen atoms in total. The van der Waals surface area contributed by atoms with Crippen molar-refractivity contribution in [1.82, 2.24) is 19.4 Å². The number of nitrogens with zero attached hydrogens (tertiary/aromatic N) is 4. The van der Waals surface area contributed by atoms with E-state index in [1.165, 1.54) is 23.2 Å². The van der Waals surface area contributed by atoms with Gasteiger partial charge in [0.2, 0.25) is 0 Å². The minimum Gasteiger partial charge on any atom is -0.444 e. The van der Waals surface area contributed by atoms with Crippen molar-refractivity contribution in [3.05, 3.63) is 36.3 Å². The normalized spacial score (nSPS) is 17.8. The SMILES string of the molecule is CC(C)(C)OC(=O)N1CCC(c2cn(-c3ncc(N)cc3F)cn2)C1. The Morgan fingerprint density at radius 1 is 1.40 bits per heavy atom. The molecule has 8 heteroatoms. The van der Waals surface area contributed by atoms with Gasteiger partial charge in [0.15, 0.2) is 11.6 Å². The summed E-state index contributed by atoms with van der Waals surface area (Å²) in [6, 6.07) is 1.22. The summed E-state index contributed by atoms with van der Waals surface area (Å²) in [6.07, 6.45) is 5.13. The molecule has 1 atom stereocenters. The molecule has 0 aromatic carbocycles. The zero-order chi connectivity index (χ0) is 18.2. The third kappa shape index (κ3) is 3.89. The summed E-state index contributed by atoms with van der Waals surface area (Å²) in [4.78, 5) is 22.2. The van der Waals surface area contributed by atoms with Crippen molar-refractivity contribution < 1.29 is 13.9 Å². The van der Waals surface area contributed by atoms with Crippen LogP contribution in [-0.2, 0) is 4.74 Å². The van der Waals surface area contributed by atoms with Gasteiger partial charge in [-0.25, -0.2) is 19.2 Å². The summed E-state index contributed by atoms with van der Waals surface area (Å²) in [5, 5.41) is 0. The molecule has 0 bridgehead atoms. The molecule has 1 aliphatic heterocycles. The van der Waals surface area contributed by atoms with Crippen LogP contribution < -0.4 is 5.73 Å². The number of ether oxygens (including phenoxy) is 1. The molecule has 0 radical (unpaired) electrons. The lowest BCUT2D eigenvalue weighted by Gasteiger charge is -2.24. The van der Waals surface area contributed by atoms with E-state index in [4.69, 9.17) is 10.5 Å². The maximum Gasteiger partial charge on any atom is 0.410 e. The molecule has 1 aliphatic rings. The van der Waals surface area contributed by atoms with Crippen LogP contribution >= 0.6 is 0 Å². The number of amides is 1. The highest BCUT2D eigenvalue weighted by molar-refractivity contribution is 5.68. The van der Waals surface area contributed by atoms with Crippen molar-refractivity contribution in [1.29, 1.82) is 0 Å². The summed E-state index contributed by atoms with van der Waals surface area (Å²) in [5.41, 5.74) is 6.07. The van der Waals surface area contributed by atoms with Gasteiger partial charge in [-0.3, -0.25) is 4.57 Å². The molecule has 1 unspecified atom stereocenters. The highest BCUT2D eigenvalue weighted by atomic mass is 19.1. The maximum atomic E-state index is 14.0. The topological polar surface area (TPSA) is 86.3 Å². The van der Waals surface area contributed by atoms with Crippen LogP contribution in [-0.4, -0.2) is 44.2 Å². The first-order valence-corrected chi connectivity index (χ1v) is 8.16. The summed E-state index contributed by atoms with van der Waals surface area (Å²) < 4.78 is 20.9. The number of carbonyl (C=O) groups excluding carboxylic acids is 1. The molecule has 2 aromatic heterocycles. The number of halogens is 1. The Kier molecular flexibility index (Phi) is 4.36. The average molecular weight is 347 g/mol. The van der Waals surface area contributed by atoms with E-state index in [1.54, 1.807) is 11.1 Å². The molecule has 25 heavy (non-hydrogen) atoms. The van der Waals surface area contributed by atoms with Gasteiger partial charge in [-0.05, 0) is 27.2 Å². The maximum absolute atomic E-state index is 14.0. The van der Waals surface area contributed by atoms with E-state index in [0.29, 0.717) is 13.1 Å². The van der Waals surface area contributed by atoms with E-state index in [1.807, 2.05) is 20.8 Å². The number of carbonyl (C=O) groups is 1. The second kappa shape index (κ2) is 6.34. The van der Waals surface area contributed by atoms with Crippen molar-refractivity contribution in [2.45, 2.75) is 38.7 Å². The molecule has 3 rings (SSSR count). The third-order valence-corrected chi connectivity index (χ3v) is 3.95. The van der Waals surface area contributed by atoms with Gasteiger partial charge in [0.25, 0.3) is 0 Å². The number of nitrogen functional groups attached to an aromatic ring is 1. The van der Waals surface area contributed by atoms with Crippen LogP contribution in [0.3, 0.4) is 0 Å². The summed E-state index contributed by atoms with van der Waals surface area (Å²) in [5.74, 6) is -0.272. The molecule has 0 saturated carbocycles. The Hall–Kier alpha value is -2.64. The predicted molar refractivity (Wildman–Crippen MR) is 90.9 cm³/mol. The van der Waals surface area contributed by atoms with Gasteiger partial charge in [-0.15, -0.1) is 0 Å². The largest absolute Gasteiger partial charge is 0.444 e. The lowest BCUT2D eigenvalue weighted by Crippen LogP contribution is -2.35. The van der Waals surface area contributed by atoms with E-state index in [9.17, 15) is 9.18 Å². The van der Waals surface area contributed by atoms with Gasteiger partial charge in [0.05, 0.1) is 17.6 Å². The minimum absolute atomic E-state index is 0.0885. The Balaban J connectivity index is 1.70. The number of aromatic nitrogens is 3. The van der Waals surface area contributed by atoms with E-state index >= 15 is 0 Å². The molecule has 0 spiro atoms. The lowest BCUT2D eigenvalue weighted by atomic mass is 10.1. The van der Waals surface area contributed by atoms with Gasteiger partial charge in [-0.1, -0.05) is 0 Å². The fourth-order valence-corrected chi connectivity index (χ4v) is 2.79. The molecule has 2 N–H and O–H groups in total. The first kappa shape index (κ1) is 17.2. The number of rotatable bonds is 2. The summed E-state index contributed by atoms with van der Waals surface area (Å²) in [7, 11) is 0.